The Morgan fingerprint density at radius 2 is 2.04 bits per heavy atom. The van der Waals surface area contributed by atoms with Crippen LogP contribution in [-0.2, 0) is 9.53 Å². The molecule has 2 aromatic heterocycles. The number of anilines is 1. The predicted octanol–water partition coefficient (Wildman–Crippen LogP) is 2.04. The SMILES string of the molecule is COC1C(C(=O)Nc2cccc(-c3nncn3C3CCCC3)n2)=CN(C)N1C. The third-order valence-electron chi connectivity index (χ3n) is 5.43. The van der Waals surface area contributed by atoms with Crippen molar-refractivity contribution in [3.63, 3.8) is 0 Å². The zero-order valence-corrected chi connectivity index (χ0v) is 16.4. The Kier molecular flexibility index (Phi) is 5.10. The summed E-state index contributed by atoms with van der Waals surface area (Å²) in [5.74, 6) is 0.957. The Morgan fingerprint density at radius 3 is 2.79 bits per heavy atom. The molecule has 1 atom stereocenters. The number of hydrogen-bond acceptors (Lipinski definition) is 7. The third kappa shape index (κ3) is 3.38. The second-order valence-electron chi connectivity index (χ2n) is 7.18. The molecule has 9 heteroatoms. The second-order valence-corrected chi connectivity index (χ2v) is 7.18. The number of amides is 1. The number of pyridine rings is 1. The molecule has 2 aliphatic rings. The minimum absolute atomic E-state index is 0.245. The lowest BCUT2D eigenvalue weighted by molar-refractivity contribution is -0.116. The number of nitrogens with zero attached hydrogens (tertiary/aromatic N) is 6. The molecular formula is C19H25N7O2. The van der Waals surface area contributed by atoms with Crippen molar-refractivity contribution in [2.75, 3.05) is 26.5 Å². The Bertz CT molecular complexity index is 888. The lowest BCUT2D eigenvalue weighted by Gasteiger charge is -2.25. The van der Waals surface area contributed by atoms with Crippen LogP contribution in [-0.4, -0.2) is 63.1 Å². The van der Waals surface area contributed by atoms with Gasteiger partial charge < -0.3 is 19.6 Å². The minimum Gasteiger partial charge on any atom is -0.360 e. The molecule has 1 aliphatic heterocycles. The number of nitrogens with one attached hydrogen (secondary N) is 1. The number of carbonyl (C=O) groups is 1. The quantitative estimate of drug-likeness (QED) is 0.845. The van der Waals surface area contributed by atoms with Crippen LogP contribution >= 0.6 is 0 Å². The summed E-state index contributed by atoms with van der Waals surface area (Å²) in [5, 5.41) is 14.9. The lowest BCUT2D eigenvalue weighted by atomic mass is 10.2. The third-order valence-corrected chi connectivity index (χ3v) is 5.43. The fraction of sp³-hybridized carbons (Fsp3) is 0.474. The monoisotopic (exact) mass is 383 g/mol. The fourth-order valence-corrected chi connectivity index (χ4v) is 3.87. The van der Waals surface area contributed by atoms with E-state index in [1.807, 2.05) is 36.2 Å². The average Bonchev–Trinajstić information content (AvgIpc) is 3.42. The molecule has 1 unspecified atom stereocenters. The van der Waals surface area contributed by atoms with E-state index in [0.29, 0.717) is 23.1 Å². The van der Waals surface area contributed by atoms with Crippen LogP contribution < -0.4 is 5.32 Å². The minimum atomic E-state index is -0.432. The summed E-state index contributed by atoms with van der Waals surface area (Å²) in [5.41, 5.74) is 1.22. The largest absolute Gasteiger partial charge is 0.360 e. The van der Waals surface area contributed by atoms with Gasteiger partial charge in [0.05, 0.1) is 5.57 Å². The van der Waals surface area contributed by atoms with Crippen molar-refractivity contribution in [1.29, 1.82) is 0 Å². The summed E-state index contributed by atoms with van der Waals surface area (Å²) < 4.78 is 7.54. The number of aromatic nitrogens is 4. The molecule has 9 nitrogen and oxygen atoms in total. The molecule has 4 rings (SSSR count). The highest BCUT2D eigenvalue weighted by Gasteiger charge is 2.32. The number of likely N-dealkylation sites (N-methyl/N-ethyl adjacent to an activating group) is 1. The molecule has 1 saturated carbocycles. The molecular weight excluding hydrogens is 358 g/mol. The smallest absolute Gasteiger partial charge is 0.258 e. The van der Waals surface area contributed by atoms with E-state index in [1.54, 1.807) is 25.7 Å². The molecule has 3 heterocycles. The van der Waals surface area contributed by atoms with E-state index < -0.39 is 6.23 Å². The molecule has 0 spiro atoms. The topological polar surface area (TPSA) is 88.4 Å². The summed E-state index contributed by atoms with van der Waals surface area (Å²) in [6.07, 6.45) is 7.82. The lowest BCUT2D eigenvalue weighted by Crippen LogP contribution is -2.38. The summed E-state index contributed by atoms with van der Waals surface area (Å²) in [4.78, 5) is 17.4. The number of methoxy groups -OCH3 is 1. The second kappa shape index (κ2) is 7.69. The maximum Gasteiger partial charge on any atom is 0.258 e. The van der Waals surface area contributed by atoms with Crippen LogP contribution in [0, 0.1) is 0 Å². The molecule has 1 N–H and O–H groups in total. The van der Waals surface area contributed by atoms with Gasteiger partial charge in [0, 0.05) is 33.4 Å². The van der Waals surface area contributed by atoms with Crippen LogP contribution in [0.15, 0.2) is 36.3 Å². The number of rotatable bonds is 5. The zero-order chi connectivity index (χ0) is 19.7. The van der Waals surface area contributed by atoms with Crippen molar-refractivity contribution >= 4 is 11.7 Å². The van der Waals surface area contributed by atoms with Gasteiger partial charge in [-0.05, 0) is 25.0 Å². The van der Waals surface area contributed by atoms with Crippen LogP contribution in [0.3, 0.4) is 0 Å². The van der Waals surface area contributed by atoms with Crippen LogP contribution in [0.4, 0.5) is 5.82 Å². The van der Waals surface area contributed by atoms with Crippen LogP contribution in [0.2, 0.25) is 0 Å². The highest BCUT2D eigenvalue weighted by Crippen LogP contribution is 2.32. The van der Waals surface area contributed by atoms with Crippen LogP contribution in [0.5, 0.6) is 0 Å². The first-order valence-electron chi connectivity index (χ1n) is 9.47. The van der Waals surface area contributed by atoms with Crippen molar-refractivity contribution in [1.82, 2.24) is 29.8 Å². The first-order valence-corrected chi connectivity index (χ1v) is 9.47. The Morgan fingerprint density at radius 1 is 1.25 bits per heavy atom. The molecule has 1 fully saturated rings. The zero-order valence-electron chi connectivity index (χ0n) is 16.4. The van der Waals surface area contributed by atoms with E-state index in [1.165, 1.54) is 12.8 Å². The van der Waals surface area contributed by atoms with Crippen molar-refractivity contribution in [2.24, 2.45) is 0 Å². The maximum atomic E-state index is 12.8. The first kappa shape index (κ1) is 18.6. The van der Waals surface area contributed by atoms with Crippen molar-refractivity contribution < 1.29 is 9.53 Å². The van der Waals surface area contributed by atoms with E-state index >= 15 is 0 Å². The molecule has 0 saturated heterocycles. The fourth-order valence-electron chi connectivity index (χ4n) is 3.87. The van der Waals surface area contributed by atoms with E-state index in [9.17, 15) is 4.79 Å². The van der Waals surface area contributed by atoms with Gasteiger partial charge in [-0.3, -0.25) is 4.79 Å². The summed E-state index contributed by atoms with van der Waals surface area (Å²) in [7, 11) is 5.30. The average molecular weight is 383 g/mol. The standard InChI is InChI=1S/C19H25N7O2/c1-24-11-14(19(28-3)25(24)2)18(27)22-16-10-6-9-15(21-16)17-23-20-12-26(17)13-7-4-5-8-13/h6,9-13,19H,4-5,7-8H2,1-3H3,(H,21,22,27). The van der Waals surface area contributed by atoms with Gasteiger partial charge in [-0.15, -0.1) is 10.2 Å². The number of carbonyl (C=O) groups excluding carboxylic acids is 1. The van der Waals surface area contributed by atoms with Gasteiger partial charge in [-0.2, -0.15) is 5.01 Å². The molecule has 28 heavy (non-hydrogen) atoms. The van der Waals surface area contributed by atoms with Gasteiger partial charge in [0.2, 0.25) is 0 Å². The molecule has 1 aliphatic carbocycles. The molecule has 0 aromatic carbocycles. The van der Waals surface area contributed by atoms with Crippen molar-refractivity contribution in [3.8, 4) is 11.5 Å². The molecule has 2 aromatic rings. The normalized spacial score (nSPS) is 20.6. The molecule has 0 bridgehead atoms. The summed E-state index contributed by atoms with van der Waals surface area (Å²) >= 11 is 0. The maximum absolute atomic E-state index is 12.8. The number of hydrogen-bond donors (Lipinski definition) is 1. The summed E-state index contributed by atoms with van der Waals surface area (Å²) in [6.45, 7) is 0. The van der Waals surface area contributed by atoms with Gasteiger partial charge in [-0.1, -0.05) is 18.9 Å². The Hall–Kier alpha value is -2.78. The molecule has 1 amide bonds. The van der Waals surface area contributed by atoms with E-state index in [-0.39, 0.29) is 5.91 Å². The Balaban J connectivity index is 1.55. The van der Waals surface area contributed by atoms with E-state index in [2.05, 4.69) is 25.1 Å². The first-order chi connectivity index (χ1) is 13.6. The number of ether oxygens (including phenoxy) is 1. The molecule has 0 radical (unpaired) electrons. The van der Waals surface area contributed by atoms with Gasteiger partial charge in [-0.25, -0.2) is 4.98 Å². The van der Waals surface area contributed by atoms with Gasteiger partial charge in [0.25, 0.3) is 5.91 Å². The highest BCUT2D eigenvalue weighted by atomic mass is 16.5. The van der Waals surface area contributed by atoms with Gasteiger partial charge in [0.1, 0.15) is 17.8 Å². The molecule has 148 valence electrons. The van der Waals surface area contributed by atoms with Gasteiger partial charge in [0.15, 0.2) is 12.1 Å². The highest BCUT2D eigenvalue weighted by molar-refractivity contribution is 6.04. The van der Waals surface area contributed by atoms with E-state index in [0.717, 1.165) is 18.7 Å². The Labute approximate surface area is 164 Å². The summed E-state index contributed by atoms with van der Waals surface area (Å²) in [6, 6.07) is 5.94. The van der Waals surface area contributed by atoms with E-state index in [4.69, 9.17) is 4.74 Å². The predicted molar refractivity (Wildman–Crippen MR) is 104 cm³/mol. The van der Waals surface area contributed by atoms with Crippen LogP contribution in [0.1, 0.15) is 31.7 Å². The van der Waals surface area contributed by atoms with Crippen molar-refractivity contribution in [3.05, 3.63) is 36.3 Å². The number of hydrazine groups is 1. The van der Waals surface area contributed by atoms with Crippen LogP contribution in [0.25, 0.3) is 11.5 Å². The van der Waals surface area contributed by atoms with Gasteiger partial charge >= 0.3 is 0 Å². The van der Waals surface area contributed by atoms with Crippen molar-refractivity contribution in [2.45, 2.75) is 38.0 Å².